The number of rotatable bonds is 4. The van der Waals surface area contributed by atoms with Crippen molar-refractivity contribution in [2.45, 2.75) is 6.92 Å². The molecule has 5 heteroatoms. The molecule has 0 radical (unpaired) electrons. The van der Waals surface area contributed by atoms with Gasteiger partial charge < -0.3 is 15.6 Å². The number of aryl methyl sites for hydroxylation is 1. The Morgan fingerprint density at radius 3 is 2.74 bits per heavy atom. The van der Waals surface area contributed by atoms with Crippen molar-refractivity contribution in [3.05, 3.63) is 45.7 Å². The highest BCUT2D eigenvalue weighted by Gasteiger charge is 2.15. The number of aromatic nitrogens is 1. The van der Waals surface area contributed by atoms with Crippen LogP contribution >= 0.6 is 0 Å². The summed E-state index contributed by atoms with van der Waals surface area (Å²) in [5.74, 6) is -0.334. The Morgan fingerprint density at radius 2 is 2.00 bits per heavy atom. The van der Waals surface area contributed by atoms with Crippen LogP contribution in [0.25, 0.3) is 10.9 Å². The zero-order valence-electron chi connectivity index (χ0n) is 11.0. The SMILES string of the molecule is CNCCNC(=O)c1c(C)c2ccccc2[nH]c1=O. The summed E-state index contributed by atoms with van der Waals surface area (Å²) >= 11 is 0. The number of pyridine rings is 1. The third kappa shape index (κ3) is 2.66. The summed E-state index contributed by atoms with van der Waals surface area (Å²) in [5.41, 5.74) is 1.30. The minimum Gasteiger partial charge on any atom is -0.351 e. The van der Waals surface area contributed by atoms with Gasteiger partial charge in [-0.3, -0.25) is 9.59 Å². The van der Waals surface area contributed by atoms with Crippen LogP contribution in [0.2, 0.25) is 0 Å². The average molecular weight is 259 g/mol. The molecule has 0 aliphatic carbocycles. The van der Waals surface area contributed by atoms with Gasteiger partial charge in [-0.25, -0.2) is 0 Å². The van der Waals surface area contributed by atoms with Crippen molar-refractivity contribution in [1.82, 2.24) is 15.6 Å². The van der Waals surface area contributed by atoms with Crippen molar-refractivity contribution >= 4 is 16.8 Å². The van der Waals surface area contributed by atoms with Crippen molar-refractivity contribution < 1.29 is 4.79 Å². The van der Waals surface area contributed by atoms with E-state index in [1.54, 1.807) is 14.0 Å². The Hall–Kier alpha value is -2.14. The van der Waals surface area contributed by atoms with E-state index in [1.807, 2.05) is 24.3 Å². The number of hydrogen-bond donors (Lipinski definition) is 3. The number of carbonyl (C=O) groups is 1. The molecule has 100 valence electrons. The quantitative estimate of drug-likeness (QED) is 0.711. The van der Waals surface area contributed by atoms with Gasteiger partial charge in [0.15, 0.2) is 0 Å². The Morgan fingerprint density at radius 1 is 1.26 bits per heavy atom. The topological polar surface area (TPSA) is 74.0 Å². The zero-order valence-corrected chi connectivity index (χ0v) is 11.0. The van der Waals surface area contributed by atoms with E-state index in [9.17, 15) is 9.59 Å². The highest BCUT2D eigenvalue weighted by atomic mass is 16.2. The van der Waals surface area contributed by atoms with E-state index in [1.165, 1.54) is 0 Å². The molecule has 0 saturated carbocycles. The van der Waals surface area contributed by atoms with Gasteiger partial charge in [-0.15, -0.1) is 0 Å². The second kappa shape index (κ2) is 5.67. The first-order valence-electron chi connectivity index (χ1n) is 6.19. The number of para-hydroxylation sites is 1. The molecule has 19 heavy (non-hydrogen) atoms. The number of hydrogen-bond acceptors (Lipinski definition) is 3. The number of fused-ring (bicyclic) bond motifs is 1. The highest BCUT2D eigenvalue weighted by molar-refractivity contribution is 5.99. The molecule has 1 aromatic carbocycles. The number of H-pyrrole nitrogens is 1. The fourth-order valence-corrected chi connectivity index (χ4v) is 2.07. The lowest BCUT2D eigenvalue weighted by Gasteiger charge is -2.09. The normalized spacial score (nSPS) is 10.6. The molecule has 2 rings (SSSR count). The molecule has 1 aromatic heterocycles. The lowest BCUT2D eigenvalue weighted by molar-refractivity contribution is 0.0952. The molecule has 0 aliphatic heterocycles. The number of carbonyl (C=O) groups excluding carboxylic acids is 1. The maximum absolute atomic E-state index is 12.0. The van der Waals surface area contributed by atoms with Gasteiger partial charge in [-0.05, 0) is 25.6 Å². The average Bonchev–Trinajstić information content (AvgIpc) is 2.39. The molecule has 0 atom stereocenters. The Labute approximate surface area is 111 Å². The van der Waals surface area contributed by atoms with Gasteiger partial charge in [0, 0.05) is 24.0 Å². The van der Waals surface area contributed by atoms with E-state index in [-0.39, 0.29) is 17.0 Å². The lowest BCUT2D eigenvalue weighted by Crippen LogP contribution is -2.34. The molecule has 5 nitrogen and oxygen atoms in total. The van der Waals surface area contributed by atoms with Gasteiger partial charge in [0.1, 0.15) is 5.56 Å². The zero-order chi connectivity index (χ0) is 13.8. The highest BCUT2D eigenvalue weighted by Crippen LogP contribution is 2.16. The molecule has 0 fully saturated rings. The summed E-state index contributed by atoms with van der Waals surface area (Å²) in [5, 5.41) is 6.55. The van der Waals surface area contributed by atoms with E-state index in [4.69, 9.17) is 0 Å². The minimum atomic E-state index is -0.349. The van der Waals surface area contributed by atoms with Crippen LogP contribution < -0.4 is 16.2 Å². The number of benzene rings is 1. The van der Waals surface area contributed by atoms with Crippen molar-refractivity contribution in [2.75, 3.05) is 20.1 Å². The van der Waals surface area contributed by atoms with Crippen molar-refractivity contribution in [3.8, 4) is 0 Å². The lowest BCUT2D eigenvalue weighted by atomic mass is 10.0. The standard InChI is InChI=1S/C14H17N3O2/c1-9-10-5-3-4-6-11(10)17-14(19)12(9)13(18)16-8-7-15-2/h3-6,15H,7-8H2,1-2H3,(H,16,18)(H,17,19). The van der Waals surface area contributed by atoms with Crippen molar-refractivity contribution in [1.29, 1.82) is 0 Å². The van der Waals surface area contributed by atoms with E-state index in [0.29, 0.717) is 18.7 Å². The molecule has 0 saturated heterocycles. The van der Waals surface area contributed by atoms with Gasteiger partial charge in [0.05, 0.1) is 0 Å². The summed E-state index contributed by atoms with van der Waals surface area (Å²) in [6.45, 7) is 2.95. The summed E-state index contributed by atoms with van der Waals surface area (Å²) in [4.78, 5) is 26.8. The van der Waals surface area contributed by atoms with Crippen LogP contribution in [0, 0.1) is 6.92 Å². The molecule has 1 heterocycles. The molecule has 3 N–H and O–H groups in total. The van der Waals surface area contributed by atoms with Gasteiger partial charge in [0.25, 0.3) is 11.5 Å². The van der Waals surface area contributed by atoms with Crippen molar-refractivity contribution in [2.24, 2.45) is 0 Å². The Bertz CT molecular complexity index is 661. The van der Waals surface area contributed by atoms with Crippen LogP contribution in [-0.4, -0.2) is 31.0 Å². The van der Waals surface area contributed by atoms with Crippen LogP contribution in [0.1, 0.15) is 15.9 Å². The van der Waals surface area contributed by atoms with Gasteiger partial charge in [-0.2, -0.15) is 0 Å². The summed E-state index contributed by atoms with van der Waals surface area (Å²) in [6.07, 6.45) is 0. The Kier molecular flexibility index (Phi) is 3.97. The monoisotopic (exact) mass is 259 g/mol. The predicted molar refractivity (Wildman–Crippen MR) is 75.6 cm³/mol. The van der Waals surface area contributed by atoms with Crippen LogP contribution in [0.5, 0.6) is 0 Å². The maximum Gasteiger partial charge on any atom is 0.261 e. The fraction of sp³-hybridized carbons (Fsp3) is 0.286. The molecule has 0 unspecified atom stereocenters. The minimum absolute atomic E-state index is 0.190. The smallest absolute Gasteiger partial charge is 0.261 e. The number of likely N-dealkylation sites (N-methyl/N-ethyl adjacent to an activating group) is 1. The first-order chi connectivity index (χ1) is 9.15. The predicted octanol–water partition coefficient (Wildman–Crippen LogP) is 0.786. The van der Waals surface area contributed by atoms with Crippen LogP contribution in [0.15, 0.2) is 29.1 Å². The first kappa shape index (κ1) is 13.3. The van der Waals surface area contributed by atoms with E-state index in [2.05, 4.69) is 15.6 Å². The molecule has 1 amide bonds. The summed E-state index contributed by atoms with van der Waals surface area (Å²) < 4.78 is 0. The first-order valence-corrected chi connectivity index (χ1v) is 6.19. The summed E-state index contributed by atoms with van der Waals surface area (Å²) in [6, 6.07) is 7.46. The van der Waals surface area contributed by atoms with Crippen LogP contribution in [0.4, 0.5) is 0 Å². The van der Waals surface area contributed by atoms with Crippen molar-refractivity contribution in [3.63, 3.8) is 0 Å². The van der Waals surface area contributed by atoms with Gasteiger partial charge in [0.2, 0.25) is 0 Å². The fourth-order valence-electron chi connectivity index (χ4n) is 2.07. The number of nitrogens with one attached hydrogen (secondary N) is 3. The Balaban J connectivity index is 2.43. The number of aromatic amines is 1. The molecule has 0 spiro atoms. The van der Waals surface area contributed by atoms with Gasteiger partial charge in [-0.1, -0.05) is 18.2 Å². The molecule has 0 aliphatic rings. The molecular formula is C14H17N3O2. The van der Waals surface area contributed by atoms with Crippen LogP contribution in [0.3, 0.4) is 0 Å². The second-order valence-electron chi connectivity index (χ2n) is 4.36. The van der Waals surface area contributed by atoms with E-state index < -0.39 is 0 Å². The third-order valence-electron chi connectivity index (χ3n) is 3.07. The molecular weight excluding hydrogens is 242 g/mol. The second-order valence-corrected chi connectivity index (χ2v) is 4.36. The third-order valence-corrected chi connectivity index (χ3v) is 3.07. The maximum atomic E-state index is 12.0. The van der Waals surface area contributed by atoms with Crippen LogP contribution in [-0.2, 0) is 0 Å². The van der Waals surface area contributed by atoms with Gasteiger partial charge >= 0.3 is 0 Å². The summed E-state index contributed by atoms with van der Waals surface area (Å²) in [7, 11) is 1.81. The molecule has 0 bridgehead atoms. The van der Waals surface area contributed by atoms with E-state index >= 15 is 0 Å². The van der Waals surface area contributed by atoms with E-state index in [0.717, 1.165) is 10.9 Å². The largest absolute Gasteiger partial charge is 0.351 e. The molecule has 2 aromatic rings. The number of amides is 1.